The Morgan fingerprint density at radius 1 is 1.00 bits per heavy atom. The van der Waals surface area contributed by atoms with Gasteiger partial charge in [0.05, 0.1) is 15.8 Å². The number of aromatic nitrogens is 1. The fourth-order valence-electron chi connectivity index (χ4n) is 6.04. The molecule has 188 valence electrons. The topological polar surface area (TPSA) is 46.3 Å². The van der Waals surface area contributed by atoms with Gasteiger partial charge in [0.2, 0.25) is 0 Å². The summed E-state index contributed by atoms with van der Waals surface area (Å²) >= 11 is 1.56. The van der Waals surface area contributed by atoms with Gasteiger partial charge < -0.3 is 9.32 Å². The molecule has 0 bridgehead atoms. The highest BCUT2D eigenvalue weighted by molar-refractivity contribution is 7.21. The molecular weight excluding hydrogens is 488 g/mol. The maximum Gasteiger partial charge on any atom is 0.192 e. The predicted molar refractivity (Wildman–Crippen MR) is 157 cm³/mol. The number of anilines is 1. The Morgan fingerprint density at radius 2 is 1.82 bits per heavy atom. The minimum Gasteiger partial charge on any atom is -0.456 e. The van der Waals surface area contributed by atoms with Gasteiger partial charge in [0.15, 0.2) is 5.43 Å². The Balaban J connectivity index is 1.30. The molecule has 0 radical (unpaired) electrons. The van der Waals surface area contributed by atoms with Crippen molar-refractivity contribution in [3.05, 3.63) is 112 Å². The van der Waals surface area contributed by atoms with Crippen LogP contribution >= 0.6 is 11.3 Å². The fraction of sp³-hybridized carbons (Fsp3) is 0.212. The number of hydrogen-bond donors (Lipinski definition) is 0. The van der Waals surface area contributed by atoms with Crippen LogP contribution in [0.4, 0.5) is 5.69 Å². The average Bonchev–Trinajstić information content (AvgIpc) is 3.43. The van der Waals surface area contributed by atoms with Gasteiger partial charge in [-0.1, -0.05) is 50.3 Å². The molecule has 2 aliphatic carbocycles. The molecule has 0 atom stereocenters. The van der Waals surface area contributed by atoms with Crippen LogP contribution in [0.25, 0.3) is 37.7 Å². The van der Waals surface area contributed by atoms with Crippen molar-refractivity contribution in [1.29, 1.82) is 0 Å². The van der Waals surface area contributed by atoms with Crippen molar-refractivity contribution >= 4 is 32.8 Å². The lowest BCUT2D eigenvalue weighted by molar-refractivity contribution is 0.526. The molecule has 5 heteroatoms. The quantitative estimate of drug-likeness (QED) is 0.238. The van der Waals surface area contributed by atoms with E-state index in [-0.39, 0.29) is 10.8 Å². The van der Waals surface area contributed by atoms with Gasteiger partial charge in [-0.3, -0.25) is 4.79 Å². The zero-order chi connectivity index (χ0) is 26.0. The number of rotatable bonds is 2. The van der Waals surface area contributed by atoms with Crippen LogP contribution in [-0.2, 0) is 11.8 Å². The zero-order valence-electron chi connectivity index (χ0n) is 21.7. The van der Waals surface area contributed by atoms with Gasteiger partial charge >= 0.3 is 0 Å². The van der Waals surface area contributed by atoms with Crippen LogP contribution in [0.1, 0.15) is 43.6 Å². The number of nitrogens with zero attached hydrogens (tertiary/aromatic N) is 2. The van der Waals surface area contributed by atoms with Crippen molar-refractivity contribution in [2.45, 2.75) is 38.5 Å². The van der Waals surface area contributed by atoms with Crippen molar-refractivity contribution in [2.75, 3.05) is 11.9 Å². The van der Waals surface area contributed by atoms with Crippen LogP contribution in [-0.4, -0.2) is 12.0 Å². The molecule has 3 heterocycles. The lowest BCUT2D eigenvalue weighted by Crippen LogP contribution is -2.22. The van der Waals surface area contributed by atoms with Gasteiger partial charge in [-0.25, -0.2) is 4.98 Å². The molecule has 3 aromatic rings. The second-order valence-corrected chi connectivity index (χ2v) is 11.8. The number of para-hydroxylation sites is 2. The van der Waals surface area contributed by atoms with E-state index in [0.29, 0.717) is 11.3 Å². The first-order valence-corrected chi connectivity index (χ1v) is 13.9. The molecule has 7 rings (SSSR count). The number of likely N-dealkylation sites (N-methyl/N-ethyl adjacent to an activating group) is 1. The van der Waals surface area contributed by atoms with Crippen LogP contribution in [0, 0.1) is 0 Å². The third-order valence-electron chi connectivity index (χ3n) is 8.04. The lowest BCUT2D eigenvalue weighted by Gasteiger charge is -2.24. The summed E-state index contributed by atoms with van der Waals surface area (Å²) in [7, 11) is 2.14. The molecule has 0 amide bonds. The first-order chi connectivity index (χ1) is 18.4. The summed E-state index contributed by atoms with van der Waals surface area (Å²) in [5, 5.41) is 0.757. The van der Waals surface area contributed by atoms with E-state index in [1.807, 2.05) is 30.3 Å². The van der Waals surface area contributed by atoms with E-state index in [4.69, 9.17) is 9.40 Å². The average molecular weight is 517 g/mol. The third-order valence-corrected chi connectivity index (χ3v) is 9.11. The van der Waals surface area contributed by atoms with Crippen LogP contribution in [0.3, 0.4) is 0 Å². The van der Waals surface area contributed by atoms with E-state index >= 15 is 0 Å². The lowest BCUT2D eigenvalue weighted by atomic mass is 9.83. The zero-order valence-corrected chi connectivity index (χ0v) is 22.6. The van der Waals surface area contributed by atoms with Crippen molar-refractivity contribution < 1.29 is 4.42 Å². The van der Waals surface area contributed by atoms with Crippen molar-refractivity contribution in [2.24, 2.45) is 0 Å². The van der Waals surface area contributed by atoms with Gasteiger partial charge in [0.1, 0.15) is 16.5 Å². The maximum absolute atomic E-state index is 13.2. The number of fused-ring (bicyclic) bond motifs is 4. The SMILES string of the molecule is CN1C(=CC=C2CCCc3cc4cc(-c5nc6ccccc6s5)c(=O)cc-4oc32)C(C)(C)c2ccccc21. The summed E-state index contributed by atoms with van der Waals surface area (Å²) in [4.78, 5) is 20.2. The van der Waals surface area contributed by atoms with Crippen LogP contribution < -0.4 is 10.3 Å². The third kappa shape index (κ3) is 3.57. The highest BCUT2D eigenvalue weighted by Gasteiger charge is 2.37. The number of benzene rings is 3. The molecule has 0 spiro atoms. The molecule has 0 N–H and O–H groups in total. The number of aryl methyl sites for hydroxylation is 1. The standard InChI is InChI=1S/C33H28N2O2S/c1-33(2)24-11-4-6-13-26(24)35(3)30(33)16-15-20-9-8-10-21-17-22-18-23(27(36)19-28(22)37-31(20)21)32-34-25-12-5-7-14-29(25)38-32/h4-7,11-19H,8-10H2,1-3H3. The van der Waals surface area contributed by atoms with E-state index < -0.39 is 0 Å². The minimum atomic E-state index is -0.0745. The molecule has 1 aromatic heterocycles. The van der Waals surface area contributed by atoms with Gasteiger partial charge in [0.25, 0.3) is 0 Å². The van der Waals surface area contributed by atoms with Gasteiger partial charge in [-0.2, -0.15) is 0 Å². The van der Waals surface area contributed by atoms with Crippen LogP contribution in [0.5, 0.6) is 0 Å². The van der Waals surface area contributed by atoms with E-state index in [1.165, 1.54) is 28.1 Å². The minimum absolute atomic E-state index is 0.0594. The summed E-state index contributed by atoms with van der Waals surface area (Å²) in [6.07, 6.45) is 7.47. The number of allylic oxidation sites excluding steroid dienone is 4. The smallest absolute Gasteiger partial charge is 0.192 e. The normalized spacial score (nSPS) is 18.4. The van der Waals surface area contributed by atoms with Crippen LogP contribution in [0.2, 0.25) is 0 Å². The first kappa shape index (κ1) is 23.2. The Bertz CT molecular complexity index is 1790. The summed E-state index contributed by atoms with van der Waals surface area (Å²) < 4.78 is 7.54. The summed E-state index contributed by atoms with van der Waals surface area (Å²) in [5.74, 6) is 1.54. The summed E-state index contributed by atoms with van der Waals surface area (Å²) in [5.41, 5.74) is 8.62. The second-order valence-electron chi connectivity index (χ2n) is 10.8. The fourth-order valence-corrected chi connectivity index (χ4v) is 7.03. The molecule has 0 saturated heterocycles. The first-order valence-electron chi connectivity index (χ1n) is 13.1. The second kappa shape index (κ2) is 8.53. The molecule has 0 unspecified atom stereocenters. The summed E-state index contributed by atoms with van der Waals surface area (Å²) in [6, 6.07) is 22.4. The van der Waals surface area contributed by atoms with E-state index in [9.17, 15) is 4.79 Å². The number of thiazole rings is 1. The van der Waals surface area contributed by atoms with Crippen molar-refractivity contribution in [3.63, 3.8) is 0 Å². The van der Waals surface area contributed by atoms with Gasteiger partial charge in [-0.15, -0.1) is 11.3 Å². The van der Waals surface area contributed by atoms with Crippen molar-refractivity contribution in [3.8, 4) is 21.9 Å². The maximum atomic E-state index is 13.2. The van der Waals surface area contributed by atoms with Gasteiger partial charge in [-0.05, 0) is 72.4 Å². The molecule has 0 saturated carbocycles. The Morgan fingerprint density at radius 3 is 2.66 bits per heavy atom. The largest absolute Gasteiger partial charge is 0.456 e. The predicted octanol–water partition coefficient (Wildman–Crippen LogP) is 8.05. The molecule has 0 fully saturated rings. The highest BCUT2D eigenvalue weighted by Crippen LogP contribution is 2.47. The van der Waals surface area contributed by atoms with E-state index in [2.05, 4.69) is 68.3 Å². The summed E-state index contributed by atoms with van der Waals surface area (Å²) in [6.45, 7) is 4.57. The molecule has 4 aliphatic rings. The Labute approximate surface area is 225 Å². The number of hydrogen-bond acceptors (Lipinski definition) is 5. The highest BCUT2D eigenvalue weighted by atomic mass is 32.1. The Kier molecular flexibility index (Phi) is 5.21. The van der Waals surface area contributed by atoms with E-state index in [1.54, 1.807) is 17.4 Å². The molecule has 2 aromatic carbocycles. The molecule has 4 nitrogen and oxygen atoms in total. The van der Waals surface area contributed by atoms with Crippen LogP contribution in [0.15, 0.2) is 93.8 Å². The van der Waals surface area contributed by atoms with Gasteiger partial charge in [0, 0.05) is 35.5 Å². The monoisotopic (exact) mass is 516 g/mol. The van der Waals surface area contributed by atoms with Crippen molar-refractivity contribution in [1.82, 2.24) is 4.98 Å². The molecular formula is C33H28N2O2S. The van der Waals surface area contributed by atoms with E-state index in [0.717, 1.165) is 45.8 Å². The molecule has 38 heavy (non-hydrogen) atoms. The molecule has 2 aliphatic heterocycles. The Hall–Kier alpha value is -3.96.